The molecule has 0 spiro atoms. The number of carboxylic acid groups (broad SMARTS) is 1. The lowest BCUT2D eigenvalue weighted by Crippen LogP contribution is -2.50. The molecule has 0 aliphatic heterocycles. The Labute approximate surface area is 124 Å². The second kappa shape index (κ2) is 6.61. The van der Waals surface area contributed by atoms with Crippen LogP contribution >= 0.6 is 0 Å². The fraction of sp³-hybridized carbons (Fsp3) is 0.500. The summed E-state index contributed by atoms with van der Waals surface area (Å²) in [7, 11) is 0. The van der Waals surface area contributed by atoms with Gasteiger partial charge in [0.05, 0.1) is 0 Å². The highest BCUT2D eigenvalue weighted by molar-refractivity contribution is 5.82. The fourth-order valence-corrected chi connectivity index (χ4v) is 2.64. The van der Waals surface area contributed by atoms with Gasteiger partial charge in [0, 0.05) is 12.5 Å². The lowest BCUT2D eigenvalue weighted by atomic mass is 9.78. The molecule has 2 unspecified atom stereocenters. The quantitative estimate of drug-likeness (QED) is 0.751. The van der Waals surface area contributed by atoms with Crippen LogP contribution in [0.4, 0.5) is 4.79 Å². The highest BCUT2D eigenvalue weighted by Crippen LogP contribution is 2.33. The summed E-state index contributed by atoms with van der Waals surface area (Å²) in [4.78, 5) is 23.0. The van der Waals surface area contributed by atoms with Crippen LogP contribution in [-0.4, -0.2) is 29.7 Å². The Morgan fingerprint density at radius 3 is 2.71 bits per heavy atom. The average molecular weight is 290 g/mol. The van der Waals surface area contributed by atoms with Gasteiger partial charge in [0.2, 0.25) is 0 Å². The van der Waals surface area contributed by atoms with Crippen molar-refractivity contribution in [3.63, 3.8) is 0 Å². The normalized spacial score (nSPS) is 18.9. The van der Waals surface area contributed by atoms with E-state index < -0.39 is 18.0 Å². The Morgan fingerprint density at radius 1 is 1.38 bits per heavy atom. The van der Waals surface area contributed by atoms with Crippen LogP contribution in [0.25, 0.3) is 0 Å². The molecule has 0 fully saturated rings. The summed E-state index contributed by atoms with van der Waals surface area (Å²) in [5.41, 5.74) is 2.60. The molecule has 0 bridgehead atoms. The first-order valence-corrected chi connectivity index (χ1v) is 7.37. The number of rotatable bonds is 6. The summed E-state index contributed by atoms with van der Waals surface area (Å²) in [6.45, 7) is 4.27. The van der Waals surface area contributed by atoms with Gasteiger partial charge >= 0.3 is 12.0 Å². The average Bonchev–Trinajstić information content (AvgIpc) is 2.44. The molecule has 1 aliphatic carbocycles. The van der Waals surface area contributed by atoms with Gasteiger partial charge in [0.15, 0.2) is 0 Å². The van der Waals surface area contributed by atoms with Crippen molar-refractivity contribution in [2.24, 2.45) is 5.92 Å². The Bertz CT molecular complexity index is 530. The predicted octanol–water partition coefficient (Wildman–Crippen LogP) is 2.12. The third-order valence-corrected chi connectivity index (χ3v) is 4.24. The maximum Gasteiger partial charge on any atom is 0.326 e. The number of carbonyl (C=O) groups excluding carboxylic acids is 1. The summed E-state index contributed by atoms with van der Waals surface area (Å²) in [5.74, 6) is -0.759. The number of hydrogen-bond acceptors (Lipinski definition) is 2. The van der Waals surface area contributed by atoms with E-state index >= 15 is 0 Å². The first-order valence-electron chi connectivity index (χ1n) is 7.37. The summed E-state index contributed by atoms with van der Waals surface area (Å²) in [6, 6.07) is 6.92. The van der Waals surface area contributed by atoms with E-state index in [1.165, 1.54) is 11.1 Å². The van der Waals surface area contributed by atoms with E-state index in [1.54, 1.807) is 0 Å². The van der Waals surface area contributed by atoms with Crippen molar-refractivity contribution in [1.29, 1.82) is 0 Å². The smallest absolute Gasteiger partial charge is 0.326 e. The number of hydrogen-bond donors (Lipinski definition) is 3. The third kappa shape index (κ3) is 3.54. The second-order valence-electron chi connectivity index (χ2n) is 5.66. The molecule has 114 valence electrons. The zero-order valence-electron chi connectivity index (χ0n) is 12.4. The maximum atomic E-state index is 11.8. The summed E-state index contributed by atoms with van der Waals surface area (Å²) in [5, 5.41) is 14.5. The van der Waals surface area contributed by atoms with Gasteiger partial charge in [-0.15, -0.1) is 0 Å². The minimum atomic E-state index is -0.992. The van der Waals surface area contributed by atoms with Crippen molar-refractivity contribution in [2.75, 3.05) is 6.54 Å². The van der Waals surface area contributed by atoms with Crippen LogP contribution < -0.4 is 10.6 Å². The first-order chi connectivity index (χ1) is 10.0. The van der Waals surface area contributed by atoms with Crippen molar-refractivity contribution < 1.29 is 14.7 Å². The fourth-order valence-electron chi connectivity index (χ4n) is 2.64. The number of carboxylic acids is 1. The number of aliphatic carboxylic acids is 1. The lowest BCUT2D eigenvalue weighted by Gasteiger charge is -2.30. The number of benzene rings is 1. The summed E-state index contributed by atoms with van der Waals surface area (Å²) < 4.78 is 0. The van der Waals surface area contributed by atoms with Gasteiger partial charge in [-0.05, 0) is 23.5 Å². The van der Waals surface area contributed by atoms with Crippen LogP contribution in [0.15, 0.2) is 24.3 Å². The number of fused-ring (bicyclic) bond motifs is 1. The summed E-state index contributed by atoms with van der Waals surface area (Å²) >= 11 is 0. The van der Waals surface area contributed by atoms with E-state index in [-0.39, 0.29) is 5.92 Å². The Kier molecular flexibility index (Phi) is 4.83. The van der Waals surface area contributed by atoms with E-state index in [2.05, 4.69) is 22.8 Å². The molecule has 0 saturated heterocycles. The predicted molar refractivity (Wildman–Crippen MR) is 80.3 cm³/mol. The standard InChI is InChI=1S/C16H22N2O3/c1-3-10(2)14(15(19)20)18-16(21)17-9-12-8-11-6-4-5-7-13(11)12/h4-7,10,12,14H,3,8-9H2,1-2H3,(H,19,20)(H2,17,18,21)/t10?,12?,14-/m0/s1. The van der Waals surface area contributed by atoms with Crippen molar-refractivity contribution in [2.45, 2.75) is 38.6 Å². The Balaban J connectivity index is 1.82. The summed E-state index contributed by atoms with van der Waals surface area (Å²) in [6.07, 6.45) is 1.66. The second-order valence-corrected chi connectivity index (χ2v) is 5.66. The molecule has 0 aromatic heterocycles. The van der Waals surface area contributed by atoms with E-state index in [0.29, 0.717) is 18.9 Å². The monoisotopic (exact) mass is 290 g/mol. The molecule has 2 amide bonds. The molecular formula is C16H22N2O3. The van der Waals surface area contributed by atoms with Crippen molar-refractivity contribution in [3.05, 3.63) is 35.4 Å². The molecule has 0 heterocycles. The number of urea groups is 1. The van der Waals surface area contributed by atoms with E-state index in [4.69, 9.17) is 5.11 Å². The lowest BCUT2D eigenvalue weighted by molar-refractivity contribution is -0.140. The molecule has 1 aromatic carbocycles. The van der Waals surface area contributed by atoms with Crippen LogP contribution in [0.1, 0.15) is 37.3 Å². The molecule has 0 radical (unpaired) electrons. The SMILES string of the molecule is CCC(C)[C@H](NC(=O)NCC1Cc2ccccc21)C(=O)O. The van der Waals surface area contributed by atoms with Crippen LogP contribution in [0.2, 0.25) is 0 Å². The van der Waals surface area contributed by atoms with Gasteiger partial charge in [-0.3, -0.25) is 0 Å². The molecular weight excluding hydrogens is 268 g/mol. The van der Waals surface area contributed by atoms with Crippen LogP contribution in [0, 0.1) is 5.92 Å². The van der Waals surface area contributed by atoms with E-state index in [9.17, 15) is 9.59 Å². The van der Waals surface area contributed by atoms with Crippen molar-refractivity contribution in [3.8, 4) is 0 Å². The minimum Gasteiger partial charge on any atom is -0.480 e. The van der Waals surface area contributed by atoms with Gasteiger partial charge < -0.3 is 15.7 Å². The molecule has 3 atom stereocenters. The molecule has 3 N–H and O–H groups in total. The zero-order chi connectivity index (χ0) is 15.4. The maximum absolute atomic E-state index is 11.8. The van der Waals surface area contributed by atoms with E-state index in [0.717, 1.165) is 6.42 Å². The number of amides is 2. The third-order valence-electron chi connectivity index (χ3n) is 4.24. The topological polar surface area (TPSA) is 78.4 Å². The largest absolute Gasteiger partial charge is 0.480 e. The molecule has 5 nitrogen and oxygen atoms in total. The zero-order valence-corrected chi connectivity index (χ0v) is 12.4. The van der Waals surface area contributed by atoms with Crippen LogP contribution in [0.3, 0.4) is 0 Å². The van der Waals surface area contributed by atoms with Gasteiger partial charge in [0.1, 0.15) is 6.04 Å². The molecule has 1 aliphatic rings. The highest BCUT2D eigenvalue weighted by atomic mass is 16.4. The molecule has 0 saturated carbocycles. The van der Waals surface area contributed by atoms with Gasteiger partial charge in [0.25, 0.3) is 0 Å². The molecule has 2 rings (SSSR count). The Morgan fingerprint density at radius 2 is 2.10 bits per heavy atom. The van der Waals surface area contributed by atoms with Crippen LogP contribution in [0.5, 0.6) is 0 Å². The van der Waals surface area contributed by atoms with Crippen molar-refractivity contribution in [1.82, 2.24) is 10.6 Å². The van der Waals surface area contributed by atoms with Crippen molar-refractivity contribution >= 4 is 12.0 Å². The molecule has 5 heteroatoms. The van der Waals surface area contributed by atoms with E-state index in [1.807, 2.05) is 26.0 Å². The molecule has 1 aromatic rings. The Hall–Kier alpha value is -2.04. The van der Waals surface area contributed by atoms with Crippen LogP contribution in [-0.2, 0) is 11.2 Å². The minimum absolute atomic E-state index is 0.0994. The first kappa shape index (κ1) is 15.4. The van der Waals surface area contributed by atoms with Gasteiger partial charge in [-0.25, -0.2) is 9.59 Å². The number of carbonyl (C=O) groups is 2. The highest BCUT2D eigenvalue weighted by Gasteiger charge is 2.28. The number of nitrogens with one attached hydrogen (secondary N) is 2. The van der Waals surface area contributed by atoms with Gasteiger partial charge in [-0.1, -0.05) is 44.5 Å². The molecule has 21 heavy (non-hydrogen) atoms. The van der Waals surface area contributed by atoms with Gasteiger partial charge in [-0.2, -0.15) is 0 Å².